The van der Waals surface area contributed by atoms with Crippen molar-refractivity contribution in [3.05, 3.63) is 76.2 Å². The van der Waals surface area contributed by atoms with E-state index in [0.717, 1.165) is 0 Å². The molecule has 0 saturated heterocycles. The third kappa shape index (κ3) is 4.12. The van der Waals surface area contributed by atoms with E-state index in [1.165, 1.54) is 63.9 Å². The van der Waals surface area contributed by atoms with E-state index in [1.54, 1.807) is 12.3 Å². The topological polar surface area (TPSA) is 124 Å². The summed E-state index contributed by atoms with van der Waals surface area (Å²) in [5.74, 6) is -0.801. The molecule has 35 heavy (non-hydrogen) atoms. The van der Waals surface area contributed by atoms with Gasteiger partial charge >= 0.3 is 6.61 Å². The molecule has 0 atom stereocenters. The van der Waals surface area contributed by atoms with Crippen molar-refractivity contribution in [3.63, 3.8) is 0 Å². The highest BCUT2D eigenvalue weighted by Crippen LogP contribution is 2.37. The summed E-state index contributed by atoms with van der Waals surface area (Å²) in [6, 6.07) is 5.67. The highest BCUT2D eigenvalue weighted by atomic mass is 35.5. The second-order valence-corrected chi connectivity index (χ2v) is 7.71. The van der Waals surface area contributed by atoms with E-state index < -0.39 is 18.1 Å². The summed E-state index contributed by atoms with van der Waals surface area (Å²) < 4.78 is 34.6. The number of alkyl halides is 2. The number of fused-ring (bicyclic) bond motifs is 1. The summed E-state index contributed by atoms with van der Waals surface area (Å²) in [5.41, 5.74) is 0.431. The fraction of sp³-hybridized carbons (Fsp3) is 0.0952. The molecule has 0 radical (unpaired) electrons. The van der Waals surface area contributed by atoms with Gasteiger partial charge in [0.15, 0.2) is 5.65 Å². The van der Waals surface area contributed by atoms with Gasteiger partial charge in [0, 0.05) is 36.2 Å². The number of carbonyl (C=O) groups is 1. The smallest absolute Gasteiger partial charge is 0.387 e. The maximum Gasteiger partial charge on any atom is 0.387 e. The Bertz CT molecular complexity index is 1620. The van der Waals surface area contributed by atoms with Crippen molar-refractivity contribution >= 4 is 28.8 Å². The Labute approximate surface area is 199 Å². The van der Waals surface area contributed by atoms with Crippen LogP contribution in [0.2, 0.25) is 5.02 Å². The monoisotopic (exact) mass is 500 g/mol. The van der Waals surface area contributed by atoms with E-state index in [2.05, 4.69) is 30.3 Å². The van der Waals surface area contributed by atoms with Gasteiger partial charge in [-0.3, -0.25) is 14.3 Å². The first-order valence-electron chi connectivity index (χ1n) is 10.0. The average molecular weight is 501 g/mol. The molecule has 4 heterocycles. The molecular formula is C21H15ClF2N8O3. The Morgan fingerprint density at radius 1 is 1.31 bits per heavy atom. The normalized spacial score (nSPS) is 11.3. The van der Waals surface area contributed by atoms with Gasteiger partial charge < -0.3 is 15.2 Å². The second-order valence-electron chi connectivity index (χ2n) is 7.28. The zero-order chi connectivity index (χ0) is 24.7. The fourth-order valence-electron chi connectivity index (χ4n) is 3.47. The van der Waals surface area contributed by atoms with Crippen LogP contribution >= 0.6 is 11.6 Å². The first kappa shape index (κ1) is 22.3. The van der Waals surface area contributed by atoms with Gasteiger partial charge in [0.1, 0.15) is 22.7 Å². The molecule has 5 rings (SSSR count). The molecule has 1 amide bonds. The number of benzene rings is 1. The van der Waals surface area contributed by atoms with Crippen molar-refractivity contribution in [2.24, 2.45) is 7.05 Å². The van der Waals surface area contributed by atoms with Crippen molar-refractivity contribution < 1.29 is 18.3 Å². The highest BCUT2D eigenvalue weighted by molar-refractivity contribution is 6.31. The summed E-state index contributed by atoms with van der Waals surface area (Å²) in [6.07, 6.45) is 7.27. The van der Waals surface area contributed by atoms with Gasteiger partial charge in [0.05, 0.1) is 18.1 Å². The number of H-pyrrole nitrogens is 1. The lowest BCUT2D eigenvalue weighted by molar-refractivity contribution is -0.0494. The number of aryl methyl sites for hydroxylation is 1. The van der Waals surface area contributed by atoms with Crippen molar-refractivity contribution in [3.8, 4) is 22.7 Å². The number of aromatic nitrogens is 7. The van der Waals surface area contributed by atoms with E-state index in [4.69, 9.17) is 11.6 Å². The Hall–Kier alpha value is -4.52. The Balaban J connectivity index is 1.64. The van der Waals surface area contributed by atoms with Gasteiger partial charge in [0.2, 0.25) is 0 Å². The lowest BCUT2D eigenvalue weighted by Crippen LogP contribution is -2.16. The summed E-state index contributed by atoms with van der Waals surface area (Å²) in [5, 5.41) is 14.1. The quantitative estimate of drug-likeness (QED) is 0.369. The minimum Gasteiger partial charge on any atom is -0.434 e. The number of rotatable bonds is 6. The first-order valence-corrected chi connectivity index (χ1v) is 10.4. The van der Waals surface area contributed by atoms with Gasteiger partial charge in [-0.05, 0) is 24.3 Å². The third-order valence-electron chi connectivity index (χ3n) is 5.06. The number of carbonyl (C=O) groups excluding carboxylic acids is 1. The van der Waals surface area contributed by atoms with E-state index in [9.17, 15) is 18.4 Å². The van der Waals surface area contributed by atoms with Crippen LogP contribution in [0.5, 0.6) is 5.75 Å². The van der Waals surface area contributed by atoms with Crippen LogP contribution in [0.25, 0.3) is 22.6 Å². The second kappa shape index (κ2) is 8.68. The van der Waals surface area contributed by atoms with Gasteiger partial charge in [0.25, 0.3) is 11.5 Å². The number of halogens is 3. The highest BCUT2D eigenvalue weighted by Gasteiger charge is 2.23. The molecule has 1 aromatic carbocycles. The Morgan fingerprint density at radius 2 is 2.14 bits per heavy atom. The molecule has 0 aliphatic heterocycles. The minimum atomic E-state index is -3.11. The third-order valence-corrected chi connectivity index (χ3v) is 5.30. The zero-order valence-electron chi connectivity index (χ0n) is 17.8. The van der Waals surface area contributed by atoms with Crippen molar-refractivity contribution in [1.29, 1.82) is 0 Å². The van der Waals surface area contributed by atoms with E-state index in [-0.39, 0.29) is 39.0 Å². The summed E-state index contributed by atoms with van der Waals surface area (Å²) in [6.45, 7) is -3.11. The molecule has 14 heteroatoms. The summed E-state index contributed by atoms with van der Waals surface area (Å²) in [4.78, 5) is 29.8. The lowest BCUT2D eigenvalue weighted by atomic mass is 10.1. The molecule has 5 aromatic rings. The number of nitrogens with one attached hydrogen (secondary N) is 2. The molecular weight excluding hydrogens is 486 g/mol. The molecule has 0 spiro atoms. The van der Waals surface area contributed by atoms with Crippen LogP contribution in [0.3, 0.4) is 0 Å². The summed E-state index contributed by atoms with van der Waals surface area (Å²) in [7, 11) is 1.52. The zero-order valence-corrected chi connectivity index (χ0v) is 18.6. The molecule has 0 saturated carbocycles. The van der Waals surface area contributed by atoms with Crippen LogP contribution in [0.1, 0.15) is 10.4 Å². The Kier molecular flexibility index (Phi) is 5.53. The number of aromatic amines is 1. The van der Waals surface area contributed by atoms with Crippen LogP contribution in [0.15, 0.2) is 60.0 Å². The first-order chi connectivity index (χ1) is 16.8. The number of nitrogens with zero attached hydrogens (tertiary/aromatic N) is 6. The van der Waals surface area contributed by atoms with Crippen LogP contribution in [-0.2, 0) is 7.05 Å². The maximum absolute atomic E-state index is 13.1. The molecule has 11 nitrogen and oxygen atoms in total. The van der Waals surface area contributed by atoms with E-state index in [0.29, 0.717) is 5.65 Å². The van der Waals surface area contributed by atoms with Crippen LogP contribution in [0.4, 0.5) is 14.5 Å². The molecule has 0 aliphatic carbocycles. The Morgan fingerprint density at radius 3 is 2.89 bits per heavy atom. The lowest BCUT2D eigenvalue weighted by Gasteiger charge is -2.11. The molecule has 2 N–H and O–H groups in total. The molecule has 4 aromatic heterocycles. The molecule has 178 valence electrons. The van der Waals surface area contributed by atoms with Crippen molar-refractivity contribution in [1.82, 2.24) is 34.2 Å². The van der Waals surface area contributed by atoms with Crippen molar-refractivity contribution in [2.75, 3.05) is 5.32 Å². The van der Waals surface area contributed by atoms with E-state index in [1.807, 2.05) is 0 Å². The fourth-order valence-corrected chi connectivity index (χ4v) is 3.64. The molecule has 0 bridgehead atoms. The number of amides is 1. The SMILES string of the molecule is Cn1[nH]cc(-n2cc(NC(=O)c3cnn4cccnc34)c(-c3cc(Cl)ccc3OC(F)F)n2)c1=O. The number of hydrogen-bond donors (Lipinski definition) is 2. The minimum absolute atomic E-state index is 0.0455. The van der Waals surface area contributed by atoms with Gasteiger partial charge in [-0.15, -0.1) is 0 Å². The van der Waals surface area contributed by atoms with Gasteiger partial charge in [-0.1, -0.05) is 11.6 Å². The number of anilines is 1. The standard InChI is InChI=1S/C21H15ClF2N8O3/c1-30-20(34)15(9-26-30)32-10-14(28-19(33)13-8-27-31-6-2-5-25-18(13)31)17(29-32)12-7-11(22)3-4-16(12)35-21(23)24/h2-10,21,26H,1H3,(H,28,33). The van der Waals surface area contributed by atoms with Gasteiger partial charge in [-0.25, -0.2) is 14.2 Å². The summed E-state index contributed by atoms with van der Waals surface area (Å²) >= 11 is 6.12. The molecule has 0 fully saturated rings. The van der Waals surface area contributed by atoms with Crippen molar-refractivity contribution in [2.45, 2.75) is 6.61 Å². The average Bonchev–Trinajstić information content (AvgIpc) is 3.52. The predicted octanol–water partition coefficient (Wildman–Crippen LogP) is 3.12. The number of ether oxygens (including phenoxy) is 1. The van der Waals surface area contributed by atoms with Crippen LogP contribution in [0, 0.1) is 0 Å². The van der Waals surface area contributed by atoms with E-state index >= 15 is 0 Å². The largest absolute Gasteiger partial charge is 0.434 e. The number of hydrogen-bond acceptors (Lipinski definition) is 6. The van der Waals surface area contributed by atoms with Crippen LogP contribution < -0.4 is 15.6 Å². The predicted molar refractivity (Wildman–Crippen MR) is 121 cm³/mol. The maximum atomic E-state index is 13.1. The molecule has 0 unspecified atom stereocenters. The van der Waals surface area contributed by atoms with Gasteiger partial charge in [-0.2, -0.15) is 19.0 Å². The van der Waals surface area contributed by atoms with Crippen LogP contribution in [-0.4, -0.2) is 46.7 Å². The molecule has 0 aliphatic rings.